The van der Waals surface area contributed by atoms with Crippen molar-refractivity contribution < 1.29 is 17.9 Å². The average Bonchev–Trinajstić information content (AvgIpc) is 3.05. The number of carbonyl (C=O) groups is 1. The highest BCUT2D eigenvalue weighted by molar-refractivity contribution is 8.01. The van der Waals surface area contributed by atoms with Crippen LogP contribution in [0.1, 0.15) is 6.92 Å². The minimum atomic E-state index is -3.71. The van der Waals surface area contributed by atoms with Gasteiger partial charge in [-0.1, -0.05) is 41.3 Å². The van der Waals surface area contributed by atoms with Gasteiger partial charge in [0.05, 0.1) is 18.6 Å². The van der Waals surface area contributed by atoms with E-state index in [-0.39, 0.29) is 0 Å². The van der Waals surface area contributed by atoms with Crippen molar-refractivity contribution in [3.05, 3.63) is 36.9 Å². The number of amides is 1. The molecule has 0 bridgehead atoms. The van der Waals surface area contributed by atoms with Gasteiger partial charge in [0.15, 0.2) is 4.34 Å². The molecule has 146 valence electrons. The number of sulfonamides is 1. The molecule has 11 heteroatoms. The number of rotatable bonds is 10. The summed E-state index contributed by atoms with van der Waals surface area (Å²) < 4.78 is 31.7. The van der Waals surface area contributed by atoms with E-state index in [0.717, 1.165) is 10.6 Å². The predicted octanol–water partition coefficient (Wildman–Crippen LogP) is 2.62. The second-order valence-electron chi connectivity index (χ2n) is 5.19. The molecule has 0 atom stereocenters. The summed E-state index contributed by atoms with van der Waals surface area (Å²) in [5, 5.41) is 10.7. The second-order valence-corrected chi connectivity index (χ2v) is 9.34. The summed E-state index contributed by atoms with van der Waals surface area (Å²) in [6, 6.07) is 6.66. The van der Waals surface area contributed by atoms with E-state index in [9.17, 15) is 13.2 Å². The molecule has 0 saturated heterocycles. The van der Waals surface area contributed by atoms with Crippen LogP contribution in [-0.4, -0.2) is 49.7 Å². The first-order valence-corrected chi connectivity index (χ1v) is 11.6. The number of hydrogen-bond donors (Lipinski definition) is 1. The normalized spacial score (nSPS) is 11.0. The molecule has 0 aliphatic rings. The van der Waals surface area contributed by atoms with Crippen molar-refractivity contribution in [2.75, 3.05) is 34.8 Å². The summed E-state index contributed by atoms with van der Waals surface area (Å²) >= 11 is 2.65. The number of aromatic nitrogens is 2. The molecular formula is C16H20N4O4S3. The molecule has 0 spiro atoms. The van der Waals surface area contributed by atoms with Crippen LogP contribution in [0.3, 0.4) is 0 Å². The van der Waals surface area contributed by atoms with Crippen LogP contribution in [0.15, 0.2) is 41.3 Å². The van der Waals surface area contributed by atoms with Gasteiger partial charge in [0.25, 0.3) is 0 Å². The van der Waals surface area contributed by atoms with Crippen molar-refractivity contribution in [2.24, 2.45) is 0 Å². The van der Waals surface area contributed by atoms with Gasteiger partial charge in [0.2, 0.25) is 21.1 Å². The monoisotopic (exact) mass is 428 g/mol. The van der Waals surface area contributed by atoms with Crippen LogP contribution in [-0.2, 0) is 14.8 Å². The third-order valence-corrected chi connectivity index (χ3v) is 6.19. The van der Waals surface area contributed by atoms with Crippen molar-refractivity contribution in [1.82, 2.24) is 10.2 Å². The third-order valence-electron chi connectivity index (χ3n) is 3.10. The molecule has 1 aromatic carbocycles. The van der Waals surface area contributed by atoms with Crippen molar-refractivity contribution in [1.29, 1.82) is 0 Å². The Morgan fingerprint density at radius 3 is 2.81 bits per heavy atom. The SMILES string of the molecule is C=CCSc1nnc(NC(=O)CN(c2ccccc2OCC)S(C)(=O)=O)s1. The second kappa shape index (κ2) is 9.72. The highest BCUT2D eigenvalue weighted by Gasteiger charge is 2.24. The highest BCUT2D eigenvalue weighted by Crippen LogP contribution is 2.30. The number of nitrogens with zero attached hydrogens (tertiary/aromatic N) is 3. The van der Waals surface area contributed by atoms with E-state index in [1.807, 2.05) is 0 Å². The van der Waals surface area contributed by atoms with Crippen molar-refractivity contribution in [3.8, 4) is 5.75 Å². The molecule has 8 nitrogen and oxygen atoms in total. The van der Waals surface area contributed by atoms with Gasteiger partial charge in [-0.3, -0.25) is 14.4 Å². The number of nitrogens with one attached hydrogen (secondary N) is 1. The smallest absolute Gasteiger partial charge is 0.246 e. The van der Waals surface area contributed by atoms with Crippen LogP contribution >= 0.6 is 23.1 Å². The highest BCUT2D eigenvalue weighted by atomic mass is 32.2. The Morgan fingerprint density at radius 2 is 2.15 bits per heavy atom. The van der Waals surface area contributed by atoms with Gasteiger partial charge in [0, 0.05) is 5.75 Å². The molecule has 1 heterocycles. The minimum Gasteiger partial charge on any atom is -0.492 e. The number of anilines is 2. The number of benzene rings is 1. The summed E-state index contributed by atoms with van der Waals surface area (Å²) in [5.74, 6) is 0.541. The molecule has 2 rings (SSSR count). The van der Waals surface area contributed by atoms with E-state index in [1.165, 1.54) is 23.1 Å². The van der Waals surface area contributed by atoms with Gasteiger partial charge in [-0.25, -0.2) is 8.42 Å². The quantitative estimate of drug-likeness (QED) is 0.353. The Morgan fingerprint density at radius 1 is 1.41 bits per heavy atom. The maximum absolute atomic E-state index is 12.4. The van der Waals surface area contributed by atoms with Gasteiger partial charge in [-0.15, -0.1) is 16.8 Å². The lowest BCUT2D eigenvalue weighted by atomic mass is 10.3. The maximum Gasteiger partial charge on any atom is 0.246 e. The van der Waals surface area contributed by atoms with Crippen LogP contribution in [0.4, 0.5) is 10.8 Å². The zero-order chi connectivity index (χ0) is 19.9. The fourth-order valence-electron chi connectivity index (χ4n) is 2.06. The Labute approximate surface area is 166 Å². The van der Waals surface area contributed by atoms with E-state index < -0.39 is 22.5 Å². The molecule has 0 radical (unpaired) electrons. The third kappa shape index (κ3) is 6.22. The van der Waals surface area contributed by atoms with Gasteiger partial charge < -0.3 is 4.74 Å². The molecule has 1 aromatic heterocycles. The Hall–Kier alpha value is -2.11. The van der Waals surface area contributed by atoms with Gasteiger partial charge in [-0.2, -0.15) is 0 Å². The first kappa shape index (κ1) is 21.2. The molecule has 0 aliphatic heterocycles. The molecule has 27 heavy (non-hydrogen) atoms. The van der Waals surface area contributed by atoms with Crippen LogP contribution in [0.5, 0.6) is 5.75 Å². The first-order valence-electron chi connectivity index (χ1n) is 7.91. The summed E-state index contributed by atoms with van der Waals surface area (Å²) in [6.45, 7) is 5.39. The van der Waals surface area contributed by atoms with Gasteiger partial charge >= 0.3 is 0 Å². The Kier molecular flexibility index (Phi) is 7.63. The molecule has 0 unspecified atom stereocenters. The molecule has 0 aliphatic carbocycles. The minimum absolute atomic E-state index is 0.302. The standard InChI is InChI=1S/C16H20N4O4S3/c1-4-10-25-16-19-18-15(26-16)17-14(21)11-20(27(3,22)23)12-8-6-7-9-13(12)24-5-2/h4,6-9H,1,5,10-11H2,2-3H3,(H,17,18,21). The van der Waals surface area contributed by atoms with Crippen LogP contribution in [0, 0.1) is 0 Å². The largest absolute Gasteiger partial charge is 0.492 e. The fraction of sp³-hybridized carbons (Fsp3) is 0.312. The van der Waals surface area contributed by atoms with Crippen LogP contribution in [0.2, 0.25) is 0 Å². The zero-order valence-electron chi connectivity index (χ0n) is 14.9. The molecule has 1 amide bonds. The van der Waals surface area contributed by atoms with E-state index in [1.54, 1.807) is 37.3 Å². The van der Waals surface area contributed by atoms with E-state index in [0.29, 0.717) is 33.3 Å². The van der Waals surface area contributed by atoms with E-state index >= 15 is 0 Å². The molecule has 1 N–H and O–H groups in total. The summed E-state index contributed by atoms with van der Waals surface area (Å²) in [6.07, 6.45) is 2.78. The molecule has 2 aromatic rings. The van der Waals surface area contributed by atoms with Crippen molar-refractivity contribution in [3.63, 3.8) is 0 Å². The molecule has 0 saturated carbocycles. The van der Waals surface area contributed by atoms with Crippen molar-refractivity contribution in [2.45, 2.75) is 11.3 Å². The lowest BCUT2D eigenvalue weighted by molar-refractivity contribution is -0.114. The van der Waals surface area contributed by atoms with E-state index in [4.69, 9.17) is 4.74 Å². The Balaban J connectivity index is 2.16. The summed E-state index contributed by atoms with van der Waals surface area (Å²) in [5.41, 5.74) is 0.302. The number of hydrogen-bond acceptors (Lipinski definition) is 8. The lowest BCUT2D eigenvalue weighted by Crippen LogP contribution is -2.37. The number of para-hydroxylation sites is 2. The molecule has 0 fully saturated rings. The van der Waals surface area contributed by atoms with Gasteiger partial charge in [-0.05, 0) is 19.1 Å². The van der Waals surface area contributed by atoms with E-state index in [2.05, 4.69) is 22.1 Å². The van der Waals surface area contributed by atoms with Crippen molar-refractivity contribution >= 4 is 49.8 Å². The fourth-order valence-corrected chi connectivity index (χ4v) is 4.45. The topological polar surface area (TPSA) is 101 Å². The summed E-state index contributed by atoms with van der Waals surface area (Å²) in [4.78, 5) is 12.4. The number of thioether (sulfide) groups is 1. The molecular weight excluding hydrogens is 408 g/mol. The number of ether oxygens (including phenoxy) is 1. The predicted molar refractivity (Wildman–Crippen MR) is 109 cm³/mol. The van der Waals surface area contributed by atoms with Gasteiger partial charge in [0.1, 0.15) is 12.3 Å². The van der Waals surface area contributed by atoms with Crippen LogP contribution < -0.4 is 14.4 Å². The summed E-state index contributed by atoms with van der Waals surface area (Å²) in [7, 11) is -3.71. The maximum atomic E-state index is 12.4. The Bertz CT molecular complexity index is 899. The van der Waals surface area contributed by atoms with Crippen LogP contribution in [0.25, 0.3) is 0 Å². The number of carbonyl (C=O) groups excluding carboxylic acids is 1. The zero-order valence-corrected chi connectivity index (χ0v) is 17.4. The lowest BCUT2D eigenvalue weighted by Gasteiger charge is -2.23. The first-order chi connectivity index (χ1) is 12.8. The average molecular weight is 429 g/mol.